The summed E-state index contributed by atoms with van der Waals surface area (Å²) in [7, 11) is -4.15. The molecule has 2 atom stereocenters. The summed E-state index contributed by atoms with van der Waals surface area (Å²) >= 11 is 11.4. The lowest BCUT2D eigenvalue weighted by Crippen LogP contribution is -2.47. The highest BCUT2D eigenvalue weighted by molar-refractivity contribution is 7.89. The standard InChI is InChI=1S/C10H11Cl2NO5S/c1-5(14)9(10(15)16)13-19(17,18)8-3-6(11)2-7(12)4-8/h2-5,9,13-14H,1H3,(H,15,16)/t5-,9+/m1/s1. The average Bonchev–Trinajstić information content (AvgIpc) is 2.23. The molecule has 3 N–H and O–H groups in total. The first-order valence-electron chi connectivity index (χ1n) is 5.03. The Morgan fingerprint density at radius 3 is 2.11 bits per heavy atom. The molecule has 9 heteroatoms. The highest BCUT2D eigenvalue weighted by atomic mass is 35.5. The Morgan fingerprint density at radius 1 is 1.26 bits per heavy atom. The fraction of sp³-hybridized carbons (Fsp3) is 0.300. The van der Waals surface area contributed by atoms with Crippen molar-refractivity contribution in [3.63, 3.8) is 0 Å². The largest absolute Gasteiger partial charge is 0.480 e. The molecule has 0 radical (unpaired) electrons. The first-order chi connectivity index (χ1) is 8.63. The number of rotatable bonds is 5. The van der Waals surface area contributed by atoms with E-state index in [1.807, 2.05) is 4.72 Å². The molecule has 0 fully saturated rings. The summed E-state index contributed by atoms with van der Waals surface area (Å²) in [5.41, 5.74) is 0. The number of sulfonamides is 1. The molecule has 0 aliphatic carbocycles. The Hall–Kier alpha value is -0.860. The summed E-state index contributed by atoms with van der Waals surface area (Å²) in [6, 6.07) is 1.92. The van der Waals surface area contributed by atoms with Gasteiger partial charge in [0.05, 0.1) is 11.0 Å². The van der Waals surface area contributed by atoms with E-state index in [0.717, 1.165) is 19.1 Å². The van der Waals surface area contributed by atoms with Crippen molar-refractivity contribution in [2.75, 3.05) is 0 Å². The third-order valence-corrected chi connectivity index (χ3v) is 4.03. The Morgan fingerprint density at radius 2 is 1.74 bits per heavy atom. The van der Waals surface area contributed by atoms with Gasteiger partial charge in [-0.1, -0.05) is 23.2 Å². The van der Waals surface area contributed by atoms with E-state index in [-0.39, 0.29) is 14.9 Å². The van der Waals surface area contributed by atoms with E-state index in [9.17, 15) is 18.3 Å². The van der Waals surface area contributed by atoms with E-state index in [1.54, 1.807) is 0 Å². The molecule has 6 nitrogen and oxygen atoms in total. The number of carbonyl (C=O) groups is 1. The number of carboxylic acid groups (broad SMARTS) is 1. The van der Waals surface area contributed by atoms with Crippen molar-refractivity contribution in [3.05, 3.63) is 28.2 Å². The highest BCUT2D eigenvalue weighted by Crippen LogP contribution is 2.22. The van der Waals surface area contributed by atoms with Crippen molar-refractivity contribution >= 4 is 39.2 Å². The highest BCUT2D eigenvalue weighted by Gasteiger charge is 2.29. The van der Waals surface area contributed by atoms with Crippen molar-refractivity contribution in [3.8, 4) is 0 Å². The van der Waals surface area contributed by atoms with Crippen LogP contribution in [-0.2, 0) is 14.8 Å². The van der Waals surface area contributed by atoms with Gasteiger partial charge in [-0.15, -0.1) is 0 Å². The van der Waals surface area contributed by atoms with E-state index < -0.39 is 28.1 Å². The Labute approximate surface area is 120 Å². The molecule has 0 heterocycles. The minimum atomic E-state index is -4.15. The molecule has 0 aliphatic heterocycles. The maximum atomic E-state index is 12.0. The number of aliphatic hydroxyl groups is 1. The molecule has 1 rings (SSSR count). The van der Waals surface area contributed by atoms with Crippen LogP contribution < -0.4 is 4.72 Å². The first-order valence-corrected chi connectivity index (χ1v) is 7.26. The quantitative estimate of drug-likeness (QED) is 0.751. The molecule has 1 aromatic carbocycles. The molecule has 19 heavy (non-hydrogen) atoms. The minimum absolute atomic E-state index is 0.0943. The zero-order valence-corrected chi connectivity index (χ0v) is 12.0. The third kappa shape index (κ3) is 4.32. The van der Waals surface area contributed by atoms with Crippen LogP contribution in [-0.4, -0.2) is 36.7 Å². The van der Waals surface area contributed by atoms with Gasteiger partial charge in [-0.2, -0.15) is 4.72 Å². The van der Waals surface area contributed by atoms with Gasteiger partial charge < -0.3 is 10.2 Å². The maximum absolute atomic E-state index is 12.0. The van der Waals surface area contributed by atoms with Gasteiger partial charge in [-0.05, 0) is 25.1 Å². The van der Waals surface area contributed by atoms with E-state index in [0.29, 0.717) is 0 Å². The lowest BCUT2D eigenvalue weighted by Gasteiger charge is -2.17. The lowest BCUT2D eigenvalue weighted by atomic mass is 10.2. The van der Waals surface area contributed by atoms with Crippen LogP contribution in [0.15, 0.2) is 23.1 Å². The van der Waals surface area contributed by atoms with Gasteiger partial charge in [0.25, 0.3) is 0 Å². The summed E-state index contributed by atoms with van der Waals surface area (Å²) in [6.07, 6.45) is -1.40. The smallest absolute Gasteiger partial charge is 0.324 e. The summed E-state index contributed by atoms with van der Waals surface area (Å²) in [5.74, 6) is -1.49. The summed E-state index contributed by atoms with van der Waals surface area (Å²) in [5, 5.41) is 18.3. The van der Waals surface area contributed by atoms with E-state index >= 15 is 0 Å². The minimum Gasteiger partial charge on any atom is -0.480 e. The Bertz CT molecular complexity index is 567. The molecular formula is C10H11Cl2NO5S. The molecule has 106 valence electrons. The fourth-order valence-corrected chi connectivity index (χ4v) is 3.26. The summed E-state index contributed by atoms with van der Waals surface area (Å²) < 4.78 is 25.8. The Kier molecular flexibility index (Phi) is 5.17. The van der Waals surface area contributed by atoms with Crippen LogP contribution in [0.2, 0.25) is 10.0 Å². The number of halogens is 2. The zero-order valence-electron chi connectivity index (χ0n) is 9.67. The van der Waals surface area contributed by atoms with Crippen LogP contribution in [0.4, 0.5) is 0 Å². The van der Waals surface area contributed by atoms with Gasteiger partial charge >= 0.3 is 5.97 Å². The van der Waals surface area contributed by atoms with Crippen LogP contribution in [0.25, 0.3) is 0 Å². The number of hydrogen-bond acceptors (Lipinski definition) is 4. The average molecular weight is 328 g/mol. The second-order valence-corrected chi connectivity index (χ2v) is 6.37. The predicted molar refractivity (Wildman–Crippen MR) is 69.9 cm³/mol. The van der Waals surface area contributed by atoms with E-state index in [1.165, 1.54) is 6.07 Å². The zero-order chi connectivity index (χ0) is 14.8. The third-order valence-electron chi connectivity index (χ3n) is 2.18. The van der Waals surface area contributed by atoms with Crippen molar-refractivity contribution in [1.29, 1.82) is 0 Å². The molecule has 0 unspecified atom stereocenters. The second-order valence-electron chi connectivity index (χ2n) is 3.78. The summed E-state index contributed by atoms with van der Waals surface area (Å²) in [6.45, 7) is 1.16. The molecule has 0 saturated heterocycles. The molecular weight excluding hydrogens is 317 g/mol. The van der Waals surface area contributed by atoms with E-state index in [4.69, 9.17) is 28.3 Å². The predicted octanol–water partition coefficient (Wildman–Crippen LogP) is 1.11. The molecule has 0 saturated carbocycles. The van der Waals surface area contributed by atoms with Crippen LogP contribution in [0.1, 0.15) is 6.92 Å². The number of benzene rings is 1. The molecule has 0 amide bonds. The fourth-order valence-electron chi connectivity index (χ4n) is 1.27. The lowest BCUT2D eigenvalue weighted by molar-refractivity contribution is -0.141. The second kappa shape index (κ2) is 6.06. The maximum Gasteiger partial charge on any atom is 0.324 e. The number of nitrogens with one attached hydrogen (secondary N) is 1. The number of aliphatic hydroxyl groups excluding tert-OH is 1. The first kappa shape index (κ1) is 16.2. The van der Waals surface area contributed by atoms with E-state index in [2.05, 4.69) is 0 Å². The van der Waals surface area contributed by atoms with Crippen molar-refractivity contribution in [1.82, 2.24) is 4.72 Å². The van der Waals surface area contributed by atoms with Crippen LogP contribution in [0.5, 0.6) is 0 Å². The molecule has 1 aromatic rings. The molecule has 0 bridgehead atoms. The topological polar surface area (TPSA) is 104 Å². The number of hydrogen-bond donors (Lipinski definition) is 3. The van der Waals surface area contributed by atoms with Crippen LogP contribution in [0, 0.1) is 0 Å². The summed E-state index contributed by atoms with van der Waals surface area (Å²) in [4.78, 5) is 10.6. The number of aliphatic carboxylic acids is 1. The normalized spacial score (nSPS) is 14.9. The van der Waals surface area contributed by atoms with Gasteiger partial charge in [0.2, 0.25) is 10.0 Å². The van der Waals surface area contributed by atoms with Crippen LogP contribution >= 0.6 is 23.2 Å². The SMILES string of the molecule is C[C@@H](O)[C@H](NS(=O)(=O)c1cc(Cl)cc(Cl)c1)C(=O)O. The molecule has 0 spiro atoms. The monoisotopic (exact) mass is 327 g/mol. The Balaban J connectivity index is 3.13. The van der Waals surface area contributed by atoms with Gasteiger partial charge in [0.1, 0.15) is 6.04 Å². The van der Waals surface area contributed by atoms with Crippen molar-refractivity contribution in [2.45, 2.75) is 24.0 Å². The van der Waals surface area contributed by atoms with Gasteiger partial charge in [0.15, 0.2) is 0 Å². The van der Waals surface area contributed by atoms with Gasteiger partial charge in [-0.25, -0.2) is 8.42 Å². The van der Waals surface area contributed by atoms with Crippen molar-refractivity contribution in [2.24, 2.45) is 0 Å². The van der Waals surface area contributed by atoms with Gasteiger partial charge in [0, 0.05) is 10.0 Å². The van der Waals surface area contributed by atoms with Crippen LogP contribution in [0.3, 0.4) is 0 Å². The molecule has 0 aliphatic rings. The van der Waals surface area contributed by atoms with Crippen molar-refractivity contribution < 1.29 is 23.4 Å². The number of carboxylic acids is 1. The molecule has 0 aromatic heterocycles. The van der Waals surface area contributed by atoms with Gasteiger partial charge in [-0.3, -0.25) is 4.79 Å².